The summed E-state index contributed by atoms with van der Waals surface area (Å²) in [6.07, 6.45) is 8.67. The van der Waals surface area contributed by atoms with Crippen LogP contribution in [0.3, 0.4) is 0 Å². The van der Waals surface area contributed by atoms with Gasteiger partial charge in [-0.15, -0.1) is 0 Å². The third kappa shape index (κ3) is 5.24. The van der Waals surface area contributed by atoms with Crippen LogP contribution in [0.1, 0.15) is 80.6 Å². The number of benzene rings is 1. The molecule has 0 aliphatic heterocycles. The minimum Gasteiger partial charge on any atom is -0.507 e. The number of aromatic carboxylic acids is 1. The zero-order chi connectivity index (χ0) is 15.0. The summed E-state index contributed by atoms with van der Waals surface area (Å²) in [4.78, 5) is 11.0. The molecule has 3 heteroatoms. The molecule has 0 bridgehead atoms. The number of unbranched alkanes of at least 4 members (excludes halogenated alkanes) is 5. The van der Waals surface area contributed by atoms with Crippen molar-refractivity contribution in [3.63, 3.8) is 0 Å². The van der Waals surface area contributed by atoms with Crippen molar-refractivity contribution < 1.29 is 15.0 Å². The monoisotopic (exact) mass is 278 g/mol. The molecule has 0 amide bonds. The van der Waals surface area contributed by atoms with Gasteiger partial charge in [0.1, 0.15) is 11.3 Å². The molecule has 1 aromatic rings. The van der Waals surface area contributed by atoms with Crippen molar-refractivity contribution in [1.29, 1.82) is 0 Å². The SMILES string of the molecule is CCCCCCCCC(C)c1ccc(O)c(C(=O)O)c1. The minimum atomic E-state index is -1.07. The highest BCUT2D eigenvalue weighted by atomic mass is 16.4. The topological polar surface area (TPSA) is 57.5 Å². The summed E-state index contributed by atoms with van der Waals surface area (Å²) in [6, 6.07) is 4.90. The van der Waals surface area contributed by atoms with Crippen molar-refractivity contribution in [3.8, 4) is 5.75 Å². The minimum absolute atomic E-state index is 0.00250. The van der Waals surface area contributed by atoms with Gasteiger partial charge < -0.3 is 10.2 Å². The molecule has 1 atom stereocenters. The second kappa shape index (κ2) is 8.62. The average Bonchev–Trinajstić information content (AvgIpc) is 2.42. The molecule has 1 rings (SSSR count). The van der Waals surface area contributed by atoms with Gasteiger partial charge in [0.2, 0.25) is 0 Å². The van der Waals surface area contributed by atoms with E-state index in [0.717, 1.165) is 12.0 Å². The smallest absolute Gasteiger partial charge is 0.339 e. The molecule has 0 spiro atoms. The summed E-state index contributed by atoms with van der Waals surface area (Å²) in [5, 5.41) is 18.5. The zero-order valence-corrected chi connectivity index (χ0v) is 12.6. The number of carboxylic acids is 1. The van der Waals surface area contributed by atoms with Crippen molar-refractivity contribution in [1.82, 2.24) is 0 Å². The average molecular weight is 278 g/mol. The van der Waals surface area contributed by atoms with Crippen LogP contribution in [0.25, 0.3) is 0 Å². The molecule has 3 nitrogen and oxygen atoms in total. The van der Waals surface area contributed by atoms with Crippen molar-refractivity contribution in [2.45, 2.75) is 64.7 Å². The fourth-order valence-corrected chi connectivity index (χ4v) is 2.43. The van der Waals surface area contributed by atoms with Crippen LogP contribution in [0, 0.1) is 0 Å². The van der Waals surface area contributed by atoms with Gasteiger partial charge in [0.25, 0.3) is 0 Å². The van der Waals surface area contributed by atoms with Gasteiger partial charge in [-0.25, -0.2) is 4.79 Å². The van der Waals surface area contributed by atoms with E-state index in [1.165, 1.54) is 44.6 Å². The Labute approximate surface area is 121 Å². The van der Waals surface area contributed by atoms with Gasteiger partial charge in [-0.1, -0.05) is 58.4 Å². The second-order valence-electron chi connectivity index (χ2n) is 5.54. The van der Waals surface area contributed by atoms with E-state index < -0.39 is 5.97 Å². The second-order valence-corrected chi connectivity index (χ2v) is 5.54. The van der Waals surface area contributed by atoms with Gasteiger partial charge in [-0.05, 0) is 30.0 Å². The van der Waals surface area contributed by atoms with Crippen LogP contribution in [0.2, 0.25) is 0 Å². The number of rotatable bonds is 9. The summed E-state index contributed by atoms with van der Waals surface area (Å²) in [6.45, 7) is 4.33. The molecule has 0 aliphatic carbocycles. The number of hydrogen-bond acceptors (Lipinski definition) is 2. The summed E-state index contributed by atoms with van der Waals surface area (Å²) in [5.74, 6) is -0.899. The molecule has 0 aromatic heterocycles. The van der Waals surface area contributed by atoms with Crippen LogP contribution in [-0.2, 0) is 0 Å². The Morgan fingerprint density at radius 3 is 2.45 bits per heavy atom. The quantitative estimate of drug-likeness (QED) is 0.629. The van der Waals surface area contributed by atoms with Gasteiger partial charge in [-0.3, -0.25) is 0 Å². The summed E-state index contributed by atoms with van der Waals surface area (Å²) in [5.41, 5.74) is 0.992. The molecule has 0 radical (unpaired) electrons. The lowest BCUT2D eigenvalue weighted by Crippen LogP contribution is -2.00. The molecular formula is C17H26O3. The first-order chi connectivity index (χ1) is 9.56. The molecule has 1 aromatic carbocycles. The van der Waals surface area contributed by atoms with E-state index in [2.05, 4.69) is 13.8 Å². The van der Waals surface area contributed by atoms with E-state index in [1.807, 2.05) is 6.07 Å². The molecule has 0 saturated heterocycles. The molecule has 112 valence electrons. The van der Waals surface area contributed by atoms with Gasteiger partial charge in [-0.2, -0.15) is 0 Å². The predicted octanol–water partition coefficient (Wildman–Crippen LogP) is 4.94. The highest BCUT2D eigenvalue weighted by Crippen LogP contribution is 2.27. The molecule has 0 fully saturated rings. The van der Waals surface area contributed by atoms with Crippen LogP contribution in [0.4, 0.5) is 0 Å². The number of phenols is 1. The fraction of sp³-hybridized carbons (Fsp3) is 0.588. The van der Waals surface area contributed by atoms with Crippen molar-refractivity contribution in [3.05, 3.63) is 29.3 Å². The van der Waals surface area contributed by atoms with Crippen molar-refractivity contribution >= 4 is 5.97 Å². The Morgan fingerprint density at radius 2 is 1.80 bits per heavy atom. The number of carboxylic acid groups (broad SMARTS) is 1. The van der Waals surface area contributed by atoms with Gasteiger partial charge in [0, 0.05) is 0 Å². The van der Waals surface area contributed by atoms with E-state index in [-0.39, 0.29) is 11.3 Å². The lowest BCUT2D eigenvalue weighted by molar-refractivity contribution is 0.0693. The first-order valence-electron chi connectivity index (χ1n) is 7.62. The molecule has 2 N–H and O–H groups in total. The van der Waals surface area contributed by atoms with E-state index in [1.54, 1.807) is 6.07 Å². The van der Waals surface area contributed by atoms with Gasteiger partial charge in [0.15, 0.2) is 0 Å². The lowest BCUT2D eigenvalue weighted by atomic mass is 9.93. The maximum Gasteiger partial charge on any atom is 0.339 e. The predicted molar refractivity (Wildman–Crippen MR) is 81.5 cm³/mol. The molecule has 1 unspecified atom stereocenters. The molecule has 0 saturated carbocycles. The van der Waals surface area contributed by atoms with Crippen molar-refractivity contribution in [2.75, 3.05) is 0 Å². The Bertz CT molecular complexity index is 426. The highest BCUT2D eigenvalue weighted by molar-refractivity contribution is 5.90. The Kier molecular flexibility index (Phi) is 7.13. The van der Waals surface area contributed by atoms with Crippen LogP contribution in [-0.4, -0.2) is 16.2 Å². The Balaban J connectivity index is 2.45. The lowest BCUT2D eigenvalue weighted by Gasteiger charge is -2.13. The molecule has 0 aliphatic rings. The van der Waals surface area contributed by atoms with Gasteiger partial charge >= 0.3 is 5.97 Å². The molecule has 20 heavy (non-hydrogen) atoms. The first kappa shape index (κ1) is 16.5. The Hall–Kier alpha value is -1.51. The normalized spacial score (nSPS) is 12.3. The summed E-state index contributed by atoms with van der Waals surface area (Å²) >= 11 is 0. The number of aromatic hydroxyl groups is 1. The Morgan fingerprint density at radius 1 is 1.15 bits per heavy atom. The maximum absolute atomic E-state index is 11.0. The highest BCUT2D eigenvalue weighted by Gasteiger charge is 2.13. The summed E-state index contributed by atoms with van der Waals surface area (Å²) in [7, 11) is 0. The summed E-state index contributed by atoms with van der Waals surface area (Å²) < 4.78 is 0. The number of carbonyl (C=O) groups is 1. The van der Waals surface area contributed by atoms with E-state index in [9.17, 15) is 9.90 Å². The standard InChI is InChI=1S/C17H26O3/c1-3-4-5-6-7-8-9-13(2)14-10-11-16(18)15(12-14)17(19)20/h10-13,18H,3-9H2,1-2H3,(H,19,20). The third-order valence-corrected chi connectivity index (χ3v) is 3.81. The first-order valence-corrected chi connectivity index (χ1v) is 7.62. The zero-order valence-electron chi connectivity index (χ0n) is 12.6. The molecule has 0 heterocycles. The van der Waals surface area contributed by atoms with E-state index in [0.29, 0.717) is 5.92 Å². The maximum atomic E-state index is 11.0. The third-order valence-electron chi connectivity index (χ3n) is 3.81. The van der Waals surface area contributed by atoms with Crippen LogP contribution in [0.5, 0.6) is 5.75 Å². The van der Waals surface area contributed by atoms with Crippen LogP contribution < -0.4 is 0 Å². The van der Waals surface area contributed by atoms with E-state index in [4.69, 9.17) is 5.11 Å². The largest absolute Gasteiger partial charge is 0.507 e. The number of hydrogen-bond donors (Lipinski definition) is 2. The van der Waals surface area contributed by atoms with Gasteiger partial charge in [0.05, 0.1) is 0 Å². The van der Waals surface area contributed by atoms with Crippen molar-refractivity contribution in [2.24, 2.45) is 0 Å². The van der Waals surface area contributed by atoms with Crippen LogP contribution in [0.15, 0.2) is 18.2 Å². The van der Waals surface area contributed by atoms with E-state index >= 15 is 0 Å². The fourth-order valence-electron chi connectivity index (χ4n) is 2.43. The molecular weight excluding hydrogens is 252 g/mol. The van der Waals surface area contributed by atoms with Crippen LogP contribution >= 0.6 is 0 Å².